The Morgan fingerprint density at radius 1 is 1.29 bits per heavy atom. The lowest BCUT2D eigenvalue weighted by Crippen LogP contribution is -2.05. The zero-order chi connectivity index (χ0) is 12.6. The van der Waals surface area contributed by atoms with Crippen LogP contribution in [0.3, 0.4) is 0 Å². The van der Waals surface area contributed by atoms with Crippen molar-refractivity contribution in [3.8, 4) is 5.69 Å². The van der Waals surface area contributed by atoms with Gasteiger partial charge in [0.1, 0.15) is 5.69 Å². The Kier molecular flexibility index (Phi) is 3.40. The molecule has 5 heteroatoms. The number of benzene rings is 1. The van der Waals surface area contributed by atoms with Gasteiger partial charge in [0.2, 0.25) is 0 Å². The van der Waals surface area contributed by atoms with Crippen molar-refractivity contribution in [2.75, 3.05) is 0 Å². The van der Waals surface area contributed by atoms with Gasteiger partial charge < -0.3 is 9.67 Å². The second-order valence-corrected chi connectivity index (χ2v) is 5.42. The van der Waals surface area contributed by atoms with Gasteiger partial charge in [-0.3, -0.25) is 0 Å². The fourth-order valence-corrected chi connectivity index (χ4v) is 2.33. The largest absolute Gasteiger partial charge is 0.477 e. The monoisotopic (exact) mass is 357 g/mol. The molecule has 1 aromatic carbocycles. The normalized spacial score (nSPS) is 10.5. The van der Waals surface area contributed by atoms with Crippen LogP contribution in [-0.4, -0.2) is 15.6 Å². The number of nitrogens with zero attached hydrogens (tertiary/aromatic N) is 1. The first-order valence-electron chi connectivity index (χ1n) is 4.87. The van der Waals surface area contributed by atoms with E-state index in [2.05, 4.69) is 31.9 Å². The van der Waals surface area contributed by atoms with E-state index in [9.17, 15) is 4.79 Å². The highest BCUT2D eigenvalue weighted by atomic mass is 79.9. The zero-order valence-corrected chi connectivity index (χ0v) is 12.1. The Morgan fingerprint density at radius 3 is 2.59 bits per heavy atom. The Labute approximate surface area is 115 Å². The number of hydrogen-bond donors (Lipinski definition) is 1. The molecule has 0 aliphatic heterocycles. The summed E-state index contributed by atoms with van der Waals surface area (Å²) in [4.78, 5) is 11.1. The highest BCUT2D eigenvalue weighted by Gasteiger charge is 2.13. The summed E-state index contributed by atoms with van der Waals surface area (Å²) >= 11 is 6.72. The van der Waals surface area contributed by atoms with Gasteiger partial charge in [0, 0.05) is 20.8 Å². The Balaban J connectivity index is 2.59. The summed E-state index contributed by atoms with van der Waals surface area (Å²) < 4.78 is 3.33. The van der Waals surface area contributed by atoms with Gasteiger partial charge in [0.25, 0.3) is 0 Å². The summed E-state index contributed by atoms with van der Waals surface area (Å²) in [5.74, 6) is -0.951. The third kappa shape index (κ3) is 2.45. The first-order chi connectivity index (χ1) is 7.99. The molecule has 0 amide bonds. The first kappa shape index (κ1) is 12.4. The summed E-state index contributed by atoms with van der Waals surface area (Å²) in [6, 6.07) is 7.31. The molecule has 1 N–H and O–H groups in total. The van der Waals surface area contributed by atoms with Gasteiger partial charge in [-0.1, -0.05) is 22.0 Å². The van der Waals surface area contributed by atoms with E-state index in [1.165, 1.54) is 0 Å². The molecule has 17 heavy (non-hydrogen) atoms. The minimum Gasteiger partial charge on any atom is -0.477 e. The molecule has 2 aromatic rings. The first-order valence-corrected chi connectivity index (χ1v) is 6.45. The van der Waals surface area contributed by atoms with Crippen LogP contribution in [0.15, 0.2) is 39.4 Å². The predicted octanol–water partition coefficient (Wildman–Crippen LogP) is 4.01. The van der Waals surface area contributed by atoms with Gasteiger partial charge >= 0.3 is 5.97 Å². The number of rotatable bonds is 2. The lowest BCUT2D eigenvalue weighted by atomic mass is 10.2. The highest BCUT2D eigenvalue weighted by molar-refractivity contribution is 9.10. The van der Waals surface area contributed by atoms with Crippen LogP contribution in [0.1, 0.15) is 16.1 Å². The molecule has 0 aliphatic carbocycles. The molecule has 0 unspecified atom stereocenters. The van der Waals surface area contributed by atoms with Crippen molar-refractivity contribution in [1.29, 1.82) is 0 Å². The number of carboxylic acid groups (broad SMARTS) is 1. The fourth-order valence-electron chi connectivity index (χ4n) is 1.54. The Morgan fingerprint density at radius 2 is 2.00 bits per heavy atom. The SMILES string of the molecule is Cc1ccc(-n2cc(Br)cc2C(=O)O)cc1Br. The van der Waals surface area contributed by atoms with Crippen LogP contribution < -0.4 is 0 Å². The smallest absolute Gasteiger partial charge is 0.352 e. The molecule has 0 aliphatic rings. The summed E-state index contributed by atoms with van der Waals surface area (Å²) in [6.45, 7) is 1.98. The summed E-state index contributed by atoms with van der Waals surface area (Å²) in [7, 11) is 0. The van der Waals surface area contributed by atoms with Crippen molar-refractivity contribution in [2.45, 2.75) is 6.92 Å². The quantitative estimate of drug-likeness (QED) is 0.881. The summed E-state index contributed by atoms with van der Waals surface area (Å²) in [5.41, 5.74) is 2.15. The number of hydrogen-bond acceptors (Lipinski definition) is 1. The van der Waals surface area contributed by atoms with Crippen molar-refractivity contribution >= 4 is 37.8 Å². The van der Waals surface area contributed by atoms with Crippen LogP contribution >= 0.6 is 31.9 Å². The number of aromatic nitrogens is 1. The van der Waals surface area contributed by atoms with E-state index in [4.69, 9.17) is 5.11 Å². The molecule has 0 bridgehead atoms. The lowest BCUT2D eigenvalue weighted by Gasteiger charge is -2.07. The van der Waals surface area contributed by atoms with E-state index < -0.39 is 5.97 Å². The van der Waals surface area contributed by atoms with Gasteiger partial charge in [-0.2, -0.15) is 0 Å². The van der Waals surface area contributed by atoms with Crippen LogP contribution in [0.25, 0.3) is 5.69 Å². The van der Waals surface area contributed by atoms with Gasteiger partial charge in [0.05, 0.1) is 0 Å². The molecule has 1 aromatic heterocycles. The molecule has 2 rings (SSSR count). The van der Waals surface area contributed by atoms with E-state index >= 15 is 0 Å². The van der Waals surface area contributed by atoms with Gasteiger partial charge in [0.15, 0.2) is 0 Å². The Bertz CT molecular complexity index is 590. The predicted molar refractivity (Wildman–Crippen MR) is 72.9 cm³/mol. The number of carboxylic acids is 1. The van der Waals surface area contributed by atoms with E-state index in [-0.39, 0.29) is 5.69 Å². The van der Waals surface area contributed by atoms with Gasteiger partial charge in [-0.05, 0) is 46.6 Å². The Hall–Kier alpha value is -1.07. The van der Waals surface area contributed by atoms with E-state index in [1.807, 2.05) is 25.1 Å². The average molecular weight is 359 g/mol. The van der Waals surface area contributed by atoms with Crippen molar-refractivity contribution < 1.29 is 9.90 Å². The lowest BCUT2D eigenvalue weighted by molar-refractivity contribution is 0.0688. The summed E-state index contributed by atoms with van der Waals surface area (Å²) in [6.07, 6.45) is 1.74. The molecular weight excluding hydrogens is 350 g/mol. The second kappa shape index (κ2) is 4.66. The number of carbonyl (C=O) groups is 1. The zero-order valence-electron chi connectivity index (χ0n) is 8.95. The third-order valence-corrected chi connectivity index (χ3v) is 3.73. The molecule has 3 nitrogen and oxygen atoms in total. The molecule has 0 saturated heterocycles. The van der Waals surface area contributed by atoms with Gasteiger partial charge in [-0.25, -0.2) is 4.79 Å². The van der Waals surface area contributed by atoms with Crippen molar-refractivity contribution in [1.82, 2.24) is 4.57 Å². The number of aryl methyl sites for hydroxylation is 1. The van der Waals surface area contributed by atoms with Crippen molar-refractivity contribution in [3.63, 3.8) is 0 Å². The molecule has 0 saturated carbocycles. The summed E-state index contributed by atoms with van der Waals surface area (Å²) in [5, 5.41) is 9.11. The average Bonchev–Trinajstić information content (AvgIpc) is 2.64. The second-order valence-electron chi connectivity index (χ2n) is 3.65. The van der Waals surface area contributed by atoms with E-state index in [1.54, 1.807) is 16.8 Å². The van der Waals surface area contributed by atoms with Crippen LogP contribution in [0.4, 0.5) is 0 Å². The minimum atomic E-state index is -0.951. The van der Waals surface area contributed by atoms with Crippen LogP contribution in [0.2, 0.25) is 0 Å². The topological polar surface area (TPSA) is 42.2 Å². The van der Waals surface area contributed by atoms with Crippen LogP contribution in [0.5, 0.6) is 0 Å². The maximum atomic E-state index is 11.1. The third-order valence-electron chi connectivity index (χ3n) is 2.44. The van der Waals surface area contributed by atoms with Crippen molar-refractivity contribution in [2.24, 2.45) is 0 Å². The maximum Gasteiger partial charge on any atom is 0.352 e. The number of aromatic carboxylic acids is 1. The minimum absolute atomic E-state index is 0.229. The molecule has 0 spiro atoms. The molecule has 1 heterocycles. The van der Waals surface area contributed by atoms with Crippen LogP contribution in [-0.2, 0) is 0 Å². The maximum absolute atomic E-state index is 11.1. The molecule has 0 atom stereocenters. The van der Waals surface area contributed by atoms with Crippen molar-refractivity contribution in [3.05, 3.63) is 50.7 Å². The standard InChI is InChI=1S/C12H9Br2NO2/c1-7-2-3-9(5-10(7)14)15-6-8(13)4-11(15)12(16)17/h2-6H,1H3,(H,16,17). The molecular formula is C12H9Br2NO2. The fraction of sp³-hybridized carbons (Fsp3) is 0.0833. The molecule has 0 radical (unpaired) electrons. The van der Waals surface area contributed by atoms with E-state index in [0.29, 0.717) is 0 Å². The molecule has 0 fully saturated rings. The van der Waals surface area contributed by atoms with Gasteiger partial charge in [-0.15, -0.1) is 0 Å². The van der Waals surface area contributed by atoms with Crippen LogP contribution in [0, 0.1) is 6.92 Å². The highest BCUT2D eigenvalue weighted by Crippen LogP contribution is 2.24. The molecule has 88 valence electrons. The number of halogens is 2. The van der Waals surface area contributed by atoms with E-state index in [0.717, 1.165) is 20.2 Å².